The van der Waals surface area contributed by atoms with Gasteiger partial charge in [0.05, 0.1) is 0 Å². The zero-order valence-electron chi connectivity index (χ0n) is 13.6. The topological polar surface area (TPSA) is 29.5 Å². The highest BCUT2D eigenvalue weighted by Crippen LogP contribution is 2.36. The Kier molecular flexibility index (Phi) is 5.33. The minimum Gasteiger partial charge on any atom is -0.444 e. The first-order chi connectivity index (χ1) is 10.6. The van der Waals surface area contributed by atoms with E-state index in [2.05, 4.69) is 15.9 Å². The van der Waals surface area contributed by atoms with Crippen molar-refractivity contribution in [2.45, 2.75) is 45.1 Å². The van der Waals surface area contributed by atoms with E-state index in [0.717, 1.165) is 0 Å². The van der Waals surface area contributed by atoms with Crippen molar-refractivity contribution in [2.75, 3.05) is 13.1 Å². The highest BCUT2D eigenvalue weighted by molar-refractivity contribution is 9.10. The van der Waals surface area contributed by atoms with Crippen LogP contribution in [0.4, 0.5) is 13.6 Å². The third-order valence-corrected chi connectivity index (χ3v) is 4.22. The smallest absolute Gasteiger partial charge is 0.410 e. The average Bonchev–Trinajstić information content (AvgIpc) is 2.34. The van der Waals surface area contributed by atoms with Gasteiger partial charge in [-0.3, -0.25) is 0 Å². The molecule has 0 saturated carbocycles. The molecule has 0 spiro atoms. The molecule has 0 aromatic heterocycles. The Hall–Kier alpha value is -1.17. The summed E-state index contributed by atoms with van der Waals surface area (Å²) in [5, 5.41) is 0. The number of rotatable bonds is 4. The summed E-state index contributed by atoms with van der Waals surface area (Å²) in [5.41, 5.74) is -0.509. The van der Waals surface area contributed by atoms with Crippen molar-refractivity contribution in [3.05, 3.63) is 34.3 Å². The van der Waals surface area contributed by atoms with Crippen molar-refractivity contribution >= 4 is 22.0 Å². The molecule has 2 rings (SSSR count). The molecule has 1 aliphatic heterocycles. The van der Waals surface area contributed by atoms with Crippen LogP contribution in [0.25, 0.3) is 0 Å². The van der Waals surface area contributed by atoms with Gasteiger partial charge >= 0.3 is 6.09 Å². The monoisotopic (exact) mass is 389 g/mol. The van der Waals surface area contributed by atoms with Crippen molar-refractivity contribution < 1.29 is 18.3 Å². The average molecular weight is 390 g/mol. The molecule has 6 heteroatoms. The van der Waals surface area contributed by atoms with Gasteiger partial charge in [0.15, 0.2) is 0 Å². The van der Waals surface area contributed by atoms with Crippen LogP contribution in [-0.4, -0.2) is 29.7 Å². The van der Waals surface area contributed by atoms with E-state index < -0.39 is 11.5 Å². The lowest BCUT2D eigenvalue weighted by Crippen LogP contribution is -2.51. The summed E-state index contributed by atoms with van der Waals surface area (Å²) >= 11 is 3.22. The maximum atomic E-state index is 14.2. The standard InChI is InChI=1S/C17H22BrF2NO2/c1-16(2,3)23-15(22)21-10-12(11-21)7-8-17(19,20)13-5-4-6-14(18)9-13/h4-6,9,12H,7-8,10-11H2,1-3H3. The number of ether oxygens (including phenoxy) is 1. The number of alkyl halides is 2. The summed E-state index contributed by atoms with van der Waals surface area (Å²) in [5.74, 6) is -2.74. The van der Waals surface area contributed by atoms with Gasteiger partial charge in [0.25, 0.3) is 5.92 Å². The normalized spacial score (nSPS) is 16.2. The maximum absolute atomic E-state index is 14.2. The summed E-state index contributed by atoms with van der Waals surface area (Å²) in [6.07, 6.45) is -0.192. The number of hydrogen-bond acceptors (Lipinski definition) is 2. The highest BCUT2D eigenvalue weighted by Gasteiger charge is 2.37. The van der Waals surface area contributed by atoms with E-state index in [1.54, 1.807) is 37.8 Å². The molecule has 3 nitrogen and oxygen atoms in total. The van der Waals surface area contributed by atoms with E-state index >= 15 is 0 Å². The second kappa shape index (κ2) is 6.75. The van der Waals surface area contributed by atoms with E-state index in [4.69, 9.17) is 4.74 Å². The summed E-state index contributed by atoms with van der Waals surface area (Å²) in [6.45, 7) is 6.40. The minimum absolute atomic E-state index is 0.0233. The Bertz CT molecular complexity index is 566. The molecule has 1 fully saturated rings. The summed E-state index contributed by atoms with van der Waals surface area (Å²) in [6, 6.07) is 6.23. The number of carbonyl (C=O) groups is 1. The van der Waals surface area contributed by atoms with Gasteiger partial charge in [-0.25, -0.2) is 13.6 Å². The number of likely N-dealkylation sites (tertiary alicyclic amines) is 1. The number of nitrogens with zero attached hydrogens (tertiary/aromatic N) is 1. The van der Waals surface area contributed by atoms with Crippen molar-refractivity contribution in [1.29, 1.82) is 0 Å². The van der Waals surface area contributed by atoms with E-state index in [1.165, 1.54) is 12.1 Å². The predicted octanol–water partition coefficient (Wildman–Crippen LogP) is 5.19. The van der Waals surface area contributed by atoms with Crippen molar-refractivity contribution in [3.63, 3.8) is 0 Å². The van der Waals surface area contributed by atoms with Gasteiger partial charge in [-0.1, -0.05) is 28.1 Å². The first-order valence-corrected chi connectivity index (χ1v) is 8.48. The lowest BCUT2D eigenvalue weighted by Gasteiger charge is -2.40. The summed E-state index contributed by atoms with van der Waals surface area (Å²) in [4.78, 5) is 13.4. The molecule has 23 heavy (non-hydrogen) atoms. The van der Waals surface area contributed by atoms with E-state index in [9.17, 15) is 13.6 Å². The summed E-state index contributed by atoms with van der Waals surface area (Å²) < 4.78 is 34.3. The van der Waals surface area contributed by atoms with E-state index in [0.29, 0.717) is 24.0 Å². The minimum atomic E-state index is -2.85. The number of amides is 1. The Balaban J connectivity index is 1.79. The fraction of sp³-hybridized carbons (Fsp3) is 0.588. The highest BCUT2D eigenvalue weighted by atomic mass is 79.9. The molecule has 1 heterocycles. The first-order valence-electron chi connectivity index (χ1n) is 7.69. The molecule has 1 aromatic rings. The van der Waals surface area contributed by atoms with Gasteiger partial charge in [0.1, 0.15) is 5.60 Å². The van der Waals surface area contributed by atoms with Crippen LogP contribution in [-0.2, 0) is 10.7 Å². The second-order valence-corrected chi connectivity index (χ2v) is 7.92. The zero-order chi connectivity index (χ0) is 17.3. The predicted molar refractivity (Wildman–Crippen MR) is 88.6 cm³/mol. The van der Waals surface area contributed by atoms with E-state index in [-0.39, 0.29) is 24.0 Å². The Labute approximate surface area is 144 Å². The molecule has 1 saturated heterocycles. The Morgan fingerprint density at radius 1 is 1.35 bits per heavy atom. The van der Waals surface area contributed by atoms with Gasteiger partial charge in [-0.2, -0.15) is 0 Å². The molecule has 0 aliphatic carbocycles. The molecule has 1 aromatic carbocycles. The third-order valence-electron chi connectivity index (χ3n) is 3.72. The molecule has 0 radical (unpaired) electrons. The Morgan fingerprint density at radius 2 is 2.00 bits per heavy atom. The van der Waals surface area contributed by atoms with Gasteiger partial charge < -0.3 is 9.64 Å². The van der Waals surface area contributed by atoms with Gasteiger partial charge in [0.2, 0.25) is 0 Å². The first kappa shape index (κ1) is 18.2. The number of halogens is 3. The van der Waals surface area contributed by atoms with Crippen molar-refractivity contribution in [3.8, 4) is 0 Å². The molecule has 1 aliphatic rings. The van der Waals surface area contributed by atoms with Crippen molar-refractivity contribution in [1.82, 2.24) is 4.90 Å². The SMILES string of the molecule is CC(C)(C)OC(=O)N1CC(CCC(F)(F)c2cccc(Br)c2)C1. The van der Waals surface area contributed by atoms with Gasteiger partial charge in [0, 0.05) is 29.5 Å². The fourth-order valence-electron chi connectivity index (χ4n) is 2.47. The van der Waals surface area contributed by atoms with Crippen LogP contribution in [0.2, 0.25) is 0 Å². The van der Waals surface area contributed by atoms with Crippen LogP contribution in [0, 0.1) is 5.92 Å². The molecular formula is C17H22BrF2NO2. The number of carbonyl (C=O) groups excluding carboxylic acids is 1. The van der Waals surface area contributed by atoms with Crippen LogP contribution in [0.5, 0.6) is 0 Å². The Morgan fingerprint density at radius 3 is 2.57 bits per heavy atom. The molecule has 0 bridgehead atoms. The lowest BCUT2D eigenvalue weighted by atomic mass is 9.91. The van der Waals surface area contributed by atoms with E-state index in [1.807, 2.05) is 0 Å². The molecule has 0 N–H and O–H groups in total. The number of benzene rings is 1. The van der Waals surface area contributed by atoms with Gasteiger partial charge in [-0.05, 0) is 45.2 Å². The third kappa shape index (κ3) is 5.16. The second-order valence-electron chi connectivity index (χ2n) is 7.00. The zero-order valence-corrected chi connectivity index (χ0v) is 15.2. The summed E-state index contributed by atoms with van der Waals surface area (Å²) in [7, 11) is 0. The molecular weight excluding hydrogens is 368 g/mol. The largest absolute Gasteiger partial charge is 0.444 e. The molecule has 0 atom stereocenters. The molecule has 0 unspecified atom stereocenters. The number of hydrogen-bond donors (Lipinski definition) is 0. The maximum Gasteiger partial charge on any atom is 0.410 e. The molecule has 128 valence electrons. The molecule has 1 amide bonds. The van der Waals surface area contributed by atoms with Crippen LogP contribution in [0.3, 0.4) is 0 Å². The lowest BCUT2D eigenvalue weighted by molar-refractivity contribution is -0.0337. The quantitative estimate of drug-likeness (QED) is 0.708. The van der Waals surface area contributed by atoms with Crippen LogP contribution in [0.1, 0.15) is 39.2 Å². The van der Waals surface area contributed by atoms with Crippen LogP contribution < -0.4 is 0 Å². The van der Waals surface area contributed by atoms with Crippen LogP contribution >= 0.6 is 15.9 Å². The van der Waals surface area contributed by atoms with Gasteiger partial charge in [-0.15, -0.1) is 0 Å². The van der Waals surface area contributed by atoms with Crippen molar-refractivity contribution in [2.24, 2.45) is 5.92 Å². The van der Waals surface area contributed by atoms with Crippen LogP contribution in [0.15, 0.2) is 28.7 Å². The fourth-order valence-corrected chi connectivity index (χ4v) is 2.87.